The summed E-state index contributed by atoms with van der Waals surface area (Å²) in [5.41, 5.74) is 0. The van der Waals surface area contributed by atoms with Crippen molar-refractivity contribution in [3.8, 4) is 0 Å². The van der Waals surface area contributed by atoms with Crippen LogP contribution in [0, 0.1) is 23.7 Å². The molecule has 112 valence electrons. The van der Waals surface area contributed by atoms with Gasteiger partial charge in [0.15, 0.2) is 0 Å². The van der Waals surface area contributed by atoms with Crippen LogP contribution < -0.4 is 0 Å². The van der Waals surface area contributed by atoms with E-state index in [-0.39, 0.29) is 18.8 Å². The van der Waals surface area contributed by atoms with Gasteiger partial charge in [-0.15, -0.1) is 0 Å². The summed E-state index contributed by atoms with van der Waals surface area (Å²) in [6.07, 6.45) is -5.62. The molecule has 0 aliphatic heterocycles. The summed E-state index contributed by atoms with van der Waals surface area (Å²) in [6.45, 7) is 0. The molecule has 19 heavy (non-hydrogen) atoms. The van der Waals surface area contributed by atoms with Gasteiger partial charge >= 0.3 is 12.4 Å². The average Bonchev–Trinajstić information content (AvgIpc) is 2.74. The highest BCUT2D eigenvalue weighted by atomic mass is 19.4. The Morgan fingerprint density at radius 1 is 0.579 bits per heavy atom. The number of rotatable bonds is 1. The molecule has 0 aromatic heterocycles. The Hall–Kier alpha value is -0.420. The van der Waals surface area contributed by atoms with E-state index in [0.29, 0.717) is 0 Å². The van der Waals surface area contributed by atoms with Crippen LogP contribution in [0.5, 0.6) is 0 Å². The van der Waals surface area contributed by atoms with Crippen molar-refractivity contribution in [1.82, 2.24) is 0 Å². The fourth-order valence-electron chi connectivity index (χ4n) is 3.79. The van der Waals surface area contributed by atoms with Gasteiger partial charge in [0, 0.05) is 0 Å². The second-order valence-corrected chi connectivity index (χ2v) is 5.93. The maximum Gasteiger partial charge on any atom is 0.392 e. The van der Waals surface area contributed by atoms with Gasteiger partial charge in [0.1, 0.15) is 0 Å². The molecule has 2 unspecified atom stereocenters. The zero-order chi connectivity index (χ0) is 14.3. The van der Waals surface area contributed by atoms with Crippen molar-refractivity contribution in [2.45, 2.75) is 57.3 Å². The summed E-state index contributed by atoms with van der Waals surface area (Å²) in [7, 11) is 0. The van der Waals surface area contributed by atoms with Crippen molar-refractivity contribution in [2.24, 2.45) is 23.7 Å². The molecule has 0 amide bonds. The fourth-order valence-corrected chi connectivity index (χ4v) is 3.79. The Kier molecular flexibility index (Phi) is 4.07. The summed E-state index contributed by atoms with van der Waals surface area (Å²) < 4.78 is 76.7. The van der Waals surface area contributed by atoms with Crippen LogP contribution in [-0.4, -0.2) is 12.4 Å². The van der Waals surface area contributed by atoms with E-state index >= 15 is 0 Å². The second kappa shape index (κ2) is 5.17. The molecular formula is C13H18F6. The fraction of sp³-hybridized carbons (Fsp3) is 1.00. The number of hydrogen-bond donors (Lipinski definition) is 0. The summed E-state index contributed by atoms with van der Waals surface area (Å²) in [6, 6.07) is 0. The Bertz CT molecular complexity index is 277. The van der Waals surface area contributed by atoms with Crippen LogP contribution in [0.15, 0.2) is 0 Å². The van der Waals surface area contributed by atoms with Gasteiger partial charge in [-0.1, -0.05) is 32.1 Å². The Labute approximate surface area is 108 Å². The molecule has 2 aliphatic carbocycles. The zero-order valence-corrected chi connectivity index (χ0v) is 10.5. The molecule has 6 heteroatoms. The molecule has 2 aliphatic rings. The van der Waals surface area contributed by atoms with Gasteiger partial charge in [0.2, 0.25) is 0 Å². The minimum Gasteiger partial charge on any atom is -0.171 e. The van der Waals surface area contributed by atoms with E-state index in [1.54, 1.807) is 0 Å². The SMILES string of the molecule is FC(F)(F)C1CC(C2CCCCC2)CC1C(F)(F)F. The molecule has 0 radical (unpaired) electrons. The zero-order valence-electron chi connectivity index (χ0n) is 10.5. The summed E-state index contributed by atoms with van der Waals surface area (Å²) in [5.74, 6) is -4.73. The highest BCUT2D eigenvalue weighted by Gasteiger charge is 2.59. The quantitative estimate of drug-likeness (QED) is 0.572. The molecule has 2 rings (SSSR count). The van der Waals surface area contributed by atoms with E-state index in [1.165, 1.54) is 0 Å². The van der Waals surface area contributed by atoms with Crippen LogP contribution in [0.2, 0.25) is 0 Å². The van der Waals surface area contributed by atoms with Crippen molar-refractivity contribution in [1.29, 1.82) is 0 Å². The van der Waals surface area contributed by atoms with E-state index in [0.717, 1.165) is 32.1 Å². The molecule has 0 spiro atoms. The van der Waals surface area contributed by atoms with E-state index in [9.17, 15) is 26.3 Å². The summed E-state index contributed by atoms with van der Waals surface area (Å²) in [5, 5.41) is 0. The largest absolute Gasteiger partial charge is 0.392 e. The third-order valence-electron chi connectivity index (χ3n) is 4.76. The highest BCUT2D eigenvalue weighted by Crippen LogP contribution is 2.55. The molecular weight excluding hydrogens is 270 g/mol. The van der Waals surface area contributed by atoms with Gasteiger partial charge in [0.05, 0.1) is 11.8 Å². The van der Waals surface area contributed by atoms with Gasteiger partial charge in [-0.25, -0.2) is 0 Å². The second-order valence-electron chi connectivity index (χ2n) is 5.93. The summed E-state index contributed by atoms with van der Waals surface area (Å²) >= 11 is 0. The van der Waals surface area contributed by atoms with E-state index in [1.807, 2.05) is 0 Å². The van der Waals surface area contributed by atoms with Crippen LogP contribution in [0.4, 0.5) is 26.3 Å². The van der Waals surface area contributed by atoms with Gasteiger partial charge in [-0.2, -0.15) is 26.3 Å². The lowest BCUT2D eigenvalue weighted by Gasteiger charge is -2.27. The smallest absolute Gasteiger partial charge is 0.171 e. The first-order valence-corrected chi connectivity index (χ1v) is 6.83. The Morgan fingerprint density at radius 3 is 1.37 bits per heavy atom. The summed E-state index contributed by atoms with van der Waals surface area (Å²) in [4.78, 5) is 0. The lowest BCUT2D eigenvalue weighted by atomic mass is 9.79. The van der Waals surface area contributed by atoms with Crippen LogP contribution in [0.3, 0.4) is 0 Å². The van der Waals surface area contributed by atoms with E-state index in [4.69, 9.17) is 0 Å². The minimum absolute atomic E-state index is 0.0611. The first-order valence-electron chi connectivity index (χ1n) is 6.83. The first kappa shape index (κ1) is 15.0. The monoisotopic (exact) mass is 288 g/mol. The third kappa shape index (κ3) is 3.37. The van der Waals surface area contributed by atoms with Crippen molar-refractivity contribution in [3.63, 3.8) is 0 Å². The molecule has 2 saturated carbocycles. The standard InChI is InChI=1S/C13H18F6/c14-12(15,16)10-6-9(7-11(10)13(17,18)19)8-4-2-1-3-5-8/h8-11H,1-7H2. The van der Waals surface area contributed by atoms with Crippen molar-refractivity contribution in [2.75, 3.05) is 0 Å². The molecule has 2 atom stereocenters. The van der Waals surface area contributed by atoms with Gasteiger partial charge in [-0.3, -0.25) is 0 Å². The predicted octanol–water partition coefficient (Wildman–Crippen LogP) is 5.33. The topological polar surface area (TPSA) is 0 Å². The minimum atomic E-state index is -4.73. The molecule has 2 fully saturated rings. The first-order chi connectivity index (χ1) is 8.69. The molecule has 0 saturated heterocycles. The van der Waals surface area contributed by atoms with E-state index < -0.39 is 30.1 Å². The molecule has 0 aromatic rings. The van der Waals surface area contributed by atoms with Crippen LogP contribution in [-0.2, 0) is 0 Å². The normalized spacial score (nSPS) is 34.7. The van der Waals surface area contributed by atoms with Crippen molar-refractivity contribution >= 4 is 0 Å². The maximum atomic E-state index is 12.8. The Morgan fingerprint density at radius 2 is 1.00 bits per heavy atom. The Balaban J connectivity index is 2.10. The molecule has 0 bridgehead atoms. The lowest BCUT2D eigenvalue weighted by molar-refractivity contribution is -0.245. The van der Waals surface area contributed by atoms with E-state index in [2.05, 4.69) is 0 Å². The predicted molar refractivity (Wildman–Crippen MR) is 58.4 cm³/mol. The molecule has 0 N–H and O–H groups in total. The number of alkyl halides is 6. The lowest BCUT2D eigenvalue weighted by Crippen LogP contribution is -2.35. The average molecular weight is 288 g/mol. The van der Waals surface area contributed by atoms with Crippen LogP contribution in [0.25, 0.3) is 0 Å². The van der Waals surface area contributed by atoms with Crippen molar-refractivity contribution < 1.29 is 26.3 Å². The number of halogens is 6. The van der Waals surface area contributed by atoms with Gasteiger partial charge in [0.25, 0.3) is 0 Å². The molecule has 0 heterocycles. The van der Waals surface area contributed by atoms with Crippen LogP contribution in [0.1, 0.15) is 44.9 Å². The molecule has 0 nitrogen and oxygen atoms in total. The van der Waals surface area contributed by atoms with Gasteiger partial charge in [-0.05, 0) is 24.7 Å². The molecule has 0 aromatic carbocycles. The third-order valence-corrected chi connectivity index (χ3v) is 4.76. The van der Waals surface area contributed by atoms with Gasteiger partial charge < -0.3 is 0 Å². The number of hydrogen-bond acceptors (Lipinski definition) is 0. The highest BCUT2D eigenvalue weighted by molar-refractivity contribution is 4.93. The maximum absolute atomic E-state index is 12.8. The van der Waals surface area contributed by atoms with Crippen molar-refractivity contribution in [3.05, 3.63) is 0 Å². The van der Waals surface area contributed by atoms with Crippen LogP contribution >= 0.6 is 0 Å².